The third kappa shape index (κ3) is 3.33. The molecule has 1 unspecified atom stereocenters. The second kappa shape index (κ2) is 7.05. The van der Waals surface area contributed by atoms with Crippen molar-refractivity contribution in [1.82, 2.24) is 9.88 Å². The van der Waals surface area contributed by atoms with Gasteiger partial charge in [-0.1, -0.05) is 23.2 Å². The number of thiazole rings is 1. The molecule has 1 aromatic heterocycles. The van der Waals surface area contributed by atoms with E-state index in [1.165, 1.54) is 11.3 Å². The van der Waals surface area contributed by atoms with Crippen molar-refractivity contribution in [3.8, 4) is 0 Å². The van der Waals surface area contributed by atoms with Crippen LogP contribution in [0.15, 0.2) is 24.4 Å². The molecule has 2 aliphatic heterocycles. The third-order valence-corrected chi connectivity index (χ3v) is 6.60. The molecule has 0 aliphatic carbocycles. The molecule has 2 aliphatic rings. The average Bonchev–Trinajstić information content (AvgIpc) is 3.34. The second-order valence-electron chi connectivity index (χ2n) is 6.88. The summed E-state index contributed by atoms with van der Waals surface area (Å²) in [7, 11) is 0. The van der Waals surface area contributed by atoms with Crippen LogP contribution in [-0.4, -0.2) is 53.0 Å². The molecule has 3 heterocycles. The molecule has 142 valence electrons. The van der Waals surface area contributed by atoms with Gasteiger partial charge in [0.05, 0.1) is 12.6 Å². The number of benzene rings is 1. The molecule has 4 rings (SSSR count). The molecule has 0 saturated carbocycles. The van der Waals surface area contributed by atoms with Crippen molar-refractivity contribution < 1.29 is 14.7 Å². The summed E-state index contributed by atoms with van der Waals surface area (Å²) in [5, 5.41) is 10.4. The first kappa shape index (κ1) is 18.7. The van der Waals surface area contributed by atoms with Crippen molar-refractivity contribution in [2.24, 2.45) is 0 Å². The van der Waals surface area contributed by atoms with Crippen LogP contribution in [0.25, 0.3) is 0 Å². The summed E-state index contributed by atoms with van der Waals surface area (Å²) in [6, 6.07) is 5.51. The topological polar surface area (TPSA) is 73.7 Å². The maximum absolute atomic E-state index is 13.0. The van der Waals surface area contributed by atoms with E-state index >= 15 is 0 Å². The standard InChI is InChI=1S/C18H17Cl2N3O3S/c19-11-1-2-13-12(5-11)18(3-4-22(9-18)17(26)8-24)10-23(13)16(25)6-15-21-7-14(20)27-15/h1-2,5,7,24H,3-4,6,8-10H2. The van der Waals surface area contributed by atoms with Gasteiger partial charge in [0.2, 0.25) is 11.8 Å². The minimum absolute atomic E-state index is 0.0617. The predicted octanol–water partition coefficient (Wildman–Crippen LogP) is 2.50. The number of carbonyl (C=O) groups excluding carboxylic acids is 2. The lowest BCUT2D eigenvalue weighted by atomic mass is 9.81. The number of likely N-dealkylation sites (tertiary alicyclic amines) is 1. The third-order valence-electron chi connectivity index (χ3n) is 5.25. The normalized spacial score (nSPS) is 21.1. The number of carbonyl (C=O) groups is 2. The first-order chi connectivity index (χ1) is 12.9. The van der Waals surface area contributed by atoms with Crippen molar-refractivity contribution in [3.05, 3.63) is 44.3 Å². The molecule has 1 fully saturated rings. The van der Waals surface area contributed by atoms with Crippen LogP contribution >= 0.6 is 34.5 Å². The van der Waals surface area contributed by atoms with Crippen molar-refractivity contribution in [1.29, 1.82) is 0 Å². The highest BCUT2D eigenvalue weighted by atomic mass is 35.5. The van der Waals surface area contributed by atoms with E-state index in [1.807, 2.05) is 12.1 Å². The van der Waals surface area contributed by atoms with Crippen LogP contribution < -0.4 is 4.90 Å². The Labute approximate surface area is 170 Å². The maximum atomic E-state index is 13.0. The van der Waals surface area contributed by atoms with Gasteiger partial charge in [-0.25, -0.2) is 4.98 Å². The molecule has 1 N–H and O–H groups in total. The molecule has 2 amide bonds. The van der Waals surface area contributed by atoms with Gasteiger partial charge in [-0.05, 0) is 30.2 Å². The monoisotopic (exact) mass is 425 g/mol. The minimum Gasteiger partial charge on any atom is -0.387 e. The molecule has 0 radical (unpaired) electrons. The lowest BCUT2D eigenvalue weighted by Gasteiger charge is -2.25. The number of aliphatic hydroxyl groups is 1. The van der Waals surface area contributed by atoms with Gasteiger partial charge in [-0.3, -0.25) is 9.59 Å². The Balaban J connectivity index is 1.64. The number of rotatable bonds is 3. The van der Waals surface area contributed by atoms with Crippen LogP contribution in [0.4, 0.5) is 5.69 Å². The van der Waals surface area contributed by atoms with E-state index in [0.29, 0.717) is 34.0 Å². The summed E-state index contributed by atoms with van der Waals surface area (Å²) in [6.07, 6.45) is 2.44. The number of nitrogens with zero attached hydrogens (tertiary/aromatic N) is 3. The molecule has 2 aromatic rings. The van der Waals surface area contributed by atoms with E-state index in [2.05, 4.69) is 4.98 Å². The highest BCUT2D eigenvalue weighted by Gasteiger charge is 2.49. The Morgan fingerprint density at radius 2 is 2.07 bits per heavy atom. The summed E-state index contributed by atoms with van der Waals surface area (Å²) in [5.74, 6) is -0.356. The van der Waals surface area contributed by atoms with Gasteiger partial charge in [0.25, 0.3) is 0 Å². The fraction of sp³-hybridized carbons (Fsp3) is 0.389. The zero-order valence-electron chi connectivity index (χ0n) is 14.3. The molecule has 27 heavy (non-hydrogen) atoms. The number of anilines is 1. The number of hydrogen-bond donors (Lipinski definition) is 1. The number of aromatic nitrogens is 1. The number of amides is 2. The first-order valence-electron chi connectivity index (χ1n) is 8.51. The summed E-state index contributed by atoms with van der Waals surface area (Å²) in [4.78, 5) is 32.5. The largest absolute Gasteiger partial charge is 0.387 e. The Hall–Kier alpha value is -1.67. The Morgan fingerprint density at radius 1 is 1.26 bits per heavy atom. The number of hydrogen-bond acceptors (Lipinski definition) is 5. The summed E-state index contributed by atoms with van der Waals surface area (Å²) >= 11 is 13.4. The average molecular weight is 426 g/mol. The number of halogens is 2. The predicted molar refractivity (Wildman–Crippen MR) is 105 cm³/mol. The van der Waals surface area contributed by atoms with Crippen molar-refractivity contribution in [3.63, 3.8) is 0 Å². The van der Waals surface area contributed by atoms with Crippen LogP contribution in [0.2, 0.25) is 9.36 Å². The smallest absolute Gasteiger partial charge is 0.248 e. The minimum atomic E-state index is -0.508. The van der Waals surface area contributed by atoms with E-state index < -0.39 is 6.61 Å². The highest BCUT2D eigenvalue weighted by molar-refractivity contribution is 7.15. The Bertz CT molecular complexity index is 919. The molecule has 9 heteroatoms. The zero-order valence-corrected chi connectivity index (χ0v) is 16.6. The molecular formula is C18H17Cl2N3O3S. The zero-order chi connectivity index (χ0) is 19.2. The Morgan fingerprint density at radius 3 is 2.78 bits per heavy atom. The second-order valence-corrected chi connectivity index (χ2v) is 9.06. The van der Waals surface area contributed by atoms with Crippen LogP contribution in [0.1, 0.15) is 17.0 Å². The van der Waals surface area contributed by atoms with Crippen LogP contribution in [0.5, 0.6) is 0 Å². The van der Waals surface area contributed by atoms with Crippen LogP contribution in [0, 0.1) is 0 Å². The molecule has 1 atom stereocenters. The quantitative estimate of drug-likeness (QED) is 0.819. The van der Waals surface area contributed by atoms with Crippen molar-refractivity contribution in [2.75, 3.05) is 31.1 Å². The Kier molecular flexibility index (Phi) is 4.88. The molecule has 1 spiro atoms. The summed E-state index contributed by atoms with van der Waals surface area (Å²) in [5.41, 5.74) is 1.44. The van der Waals surface area contributed by atoms with Gasteiger partial charge >= 0.3 is 0 Å². The lowest BCUT2D eigenvalue weighted by molar-refractivity contribution is -0.133. The molecular weight excluding hydrogens is 409 g/mol. The highest BCUT2D eigenvalue weighted by Crippen LogP contribution is 2.47. The van der Waals surface area contributed by atoms with Gasteiger partial charge in [0, 0.05) is 35.8 Å². The van der Waals surface area contributed by atoms with E-state index in [-0.39, 0.29) is 23.7 Å². The SMILES string of the molecule is O=C(CO)N1CCC2(C1)CN(C(=O)Cc1ncc(Cl)s1)c1ccc(Cl)cc12. The molecule has 1 saturated heterocycles. The van der Waals surface area contributed by atoms with Gasteiger partial charge in [-0.2, -0.15) is 0 Å². The molecule has 1 aromatic carbocycles. The lowest BCUT2D eigenvalue weighted by Crippen LogP contribution is -2.41. The molecule has 0 bridgehead atoms. The number of aliphatic hydroxyl groups excluding tert-OH is 1. The van der Waals surface area contributed by atoms with E-state index in [1.54, 1.807) is 22.1 Å². The first-order valence-corrected chi connectivity index (χ1v) is 10.1. The van der Waals surface area contributed by atoms with Gasteiger partial charge < -0.3 is 14.9 Å². The van der Waals surface area contributed by atoms with Crippen LogP contribution in [0.3, 0.4) is 0 Å². The van der Waals surface area contributed by atoms with Gasteiger partial charge in [-0.15, -0.1) is 11.3 Å². The van der Waals surface area contributed by atoms with Gasteiger partial charge in [0.15, 0.2) is 0 Å². The fourth-order valence-corrected chi connectivity index (χ4v) is 5.11. The van der Waals surface area contributed by atoms with E-state index in [4.69, 9.17) is 23.2 Å². The fourth-order valence-electron chi connectivity index (χ4n) is 3.99. The number of fused-ring (bicyclic) bond motifs is 2. The van der Waals surface area contributed by atoms with Crippen molar-refractivity contribution >= 4 is 52.0 Å². The van der Waals surface area contributed by atoms with E-state index in [9.17, 15) is 14.7 Å². The maximum Gasteiger partial charge on any atom is 0.248 e. The summed E-state index contributed by atoms with van der Waals surface area (Å²) in [6.45, 7) is 0.990. The summed E-state index contributed by atoms with van der Waals surface area (Å²) < 4.78 is 0.553. The van der Waals surface area contributed by atoms with E-state index in [0.717, 1.165) is 17.7 Å². The van der Waals surface area contributed by atoms with Gasteiger partial charge in [0.1, 0.15) is 16.0 Å². The molecule has 6 nitrogen and oxygen atoms in total. The van der Waals surface area contributed by atoms with Crippen LogP contribution in [-0.2, 0) is 21.4 Å². The van der Waals surface area contributed by atoms with Crippen molar-refractivity contribution in [2.45, 2.75) is 18.3 Å².